The van der Waals surface area contributed by atoms with Gasteiger partial charge in [0.2, 0.25) is 0 Å². The van der Waals surface area contributed by atoms with Crippen LogP contribution >= 0.6 is 0 Å². The van der Waals surface area contributed by atoms with E-state index < -0.39 is 6.10 Å². The van der Waals surface area contributed by atoms with Crippen molar-refractivity contribution in [3.8, 4) is 0 Å². The van der Waals surface area contributed by atoms with Gasteiger partial charge in [-0.05, 0) is 43.9 Å². The molecule has 0 spiro atoms. The molecule has 4 atom stereocenters. The van der Waals surface area contributed by atoms with Gasteiger partial charge in [-0.25, -0.2) is 0 Å². The molecular formula is C24H40O5. The molecule has 0 saturated heterocycles. The monoisotopic (exact) mass is 408 g/mol. The molecule has 29 heavy (non-hydrogen) atoms. The quantitative estimate of drug-likeness (QED) is 0.269. The van der Waals surface area contributed by atoms with E-state index in [4.69, 9.17) is 0 Å². The summed E-state index contributed by atoms with van der Waals surface area (Å²) in [5.74, 6) is -0.265. The SMILES string of the molecule is CCCC1([C@H](O)CC=C[C@H]2[C@H](O)CC(=O)[C@@H]2CCCCCCC(=O)OC)CCC1. The molecule has 5 heteroatoms. The average molecular weight is 409 g/mol. The van der Waals surface area contributed by atoms with Crippen LogP contribution in [0.25, 0.3) is 0 Å². The van der Waals surface area contributed by atoms with Gasteiger partial charge in [-0.3, -0.25) is 9.59 Å². The van der Waals surface area contributed by atoms with Crippen molar-refractivity contribution in [2.75, 3.05) is 7.11 Å². The molecule has 0 aliphatic heterocycles. The largest absolute Gasteiger partial charge is 0.469 e. The minimum Gasteiger partial charge on any atom is -0.469 e. The van der Waals surface area contributed by atoms with Crippen molar-refractivity contribution in [3.05, 3.63) is 12.2 Å². The van der Waals surface area contributed by atoms with E-state index in [1.807, 2.05) is 12.2 Å². The maximum Gasteiger partial charge on any atom is 0.305 e. The third-order valence-corrected chi connectivity index (χ3v) is 7.13. The normalized spacial score (nSPS) is 27.2. The zero-order chi connectivity index (χ0) is 21.3. The Kier molecular flexibility index (Phi) is 9.84. The number of rotatable bonds is 13. The fourth-order valence-corrected chi connectivity index (χ4v) is 5.17. The molecular weight excluding hydrogens is 368 g/mol. The highest BCUT2D eigenvalue weighted by atomic mass is 16.5. The Balaban J connectivity index is 1.77. The minimum atomic E-state index is -0.603. The van der Waals surface area contributed by atoms with E-state index in [-0.39, 0.29) is 41.5 Å². The van der Waals surface area contributed by atoms with Crippen LogP contribution in [0.5, 0.6) is 0 Å². The smallest absolute Gasteiger partial charge is 0.305 e. The number of unbranched alkanes of at least 4 members (excludes halogenated alkanes) is 3. The third kappa shape index (κ3) is 6.65. The highest BCUT2D eigenvalue weighted by Gasteiger charge is 2.42. The lowest BCUT2D eigenvalue weighted by molar-refractivity contribution is -0.140. The third-order valence-electron chi connectivity index (χ3n) is 7.13. The van der Waals surface area contributed by atoms with Crippen LogP contribution in [-0.4, -0.2) is 41.3 Å². The minimum absolute atomic E-state index is 0.0901. The summed E-state index contributed by atoms with van der Waals surface area (Å²) in [6.45, 7) is 2.17. The molecule has 0 bridgehead atoms. The number of carbonyl (C=O) groups is 2. The lowest BCUT2D eigenvalue weighted by atomic mass is 9.62. The Morgan fingerprint density at radius 1 is 1.28 bits per heavy atom. The lowest BCUT2D eigenvalue weighted by Gasteiger charge is -2.45. The molecule has 0 unspecified atom stereocenters. The van der Waals surface area contributed by atoms with E-state index in [0.29, 0.717) is 12.8 Å². The molecule has 2 aliphatic carbocycles. The van der Waals surface area contributed by atoms with Crippen LogP contribution in [0.4, 0.5) is 0 Å². The van der Waals surface area contributed by atoms with Crippen molar-refractivity contribution in [2.45, 2.75) is 103 Å². The van der Waals surface area contributed by atoms with Crippen molar-refractivity contribution in [1.82, 2.24) is 0 Å². The molecule has 2 saturated carbocycles. The Bertz CT molecular complexity index is 551. The van der Waals surface area contributed by atoms with Crippen LogP contribution in [0.3, 0.4) is 0 Å². The first-order valence-corrected chi connectivity index (χ1v) is 11.6. The van der Waals surface area contributed by atoms with E-state index in [0.717, 1.165) is 57.8 Å². The van der Waals surface area contributed by atoms with Crippen LogP contribution in [0.2, 0.25) is 0 Å². The first-order valence-electron chi connectivity index (χ1n) is 11.6. The number of esters is 1. The average Bonchev–Trinajstić information content (AvgIpc) is 2.93. The summed E-state index contributed by atoms with van der Waals surface area (Å²) in [5, 5.41) is 21.0. The summed E-state index contributed by atoms with van der Waals surface area (Å²) in [7, 11) is 1.40. The van der Waals surface area contributed by atoms with Crippen molar-refractivity contribution >= 4 is 11.8 Å². The van der Waals surface area contributed by atoms with Gasteiger partial charge >= 0.3 is 5.97 Å². The topological polar surface area (TPSA) is 83.8 Å². The summed E-state index contributed by atoms with van der Waals surface area (Å²) in [4.78, 5) is 23.5. The van der Waals surface area contributed by atoms with Crippen molar-refractivity contribution in [3.63, 3.8) is 0 Å². The van der Waals surface area contributed by atoms with Gasteiger partial charge in [0, 0.05) is 24.7 Å². The summed E-state index contributed by atoms with van der Waals surface area (Å²) in [5.41, 5.74) is 0.0901. The van der Waals surface area contributed by atoms with Crippen LogP contribution in [0, 0.1) is 17.3 Å². The molecule has 0 heterocycles. The predicted octanol–water partition coefficient (Wildman–Crippen LogP) is 4.34. The van der Waals surface area contributed by atoms with Gasteiger partial charge in [0.25, 0.3) is 0 Å². The van der Waals surface area contributed by atoms with E-state index >= 15 is 0 Å². The first kappa shape index (κ1) is 24.1. The van der Waals surface area contributed by atoms with Crippen LogP contribution in [-0.2, 0) is 14.3 Å². The maximum absolute atomic E-state index is 12.3. The van der Waals surface area contributed by atoms with Gasteiger partial charge in [-0.1, -0.05) is 51.2 Å². The van der Waals surface area contributed by atoms with E-state index in [1.54, 1.807) is 0 Å². The fraction of sp³-hybridized carbons (Fsp3) is 0.833. The molecule has 0 amide bonds. The Hall–Kier alpha value is -1.20. The number of carbonyl (C=O) groups excluding carboxylic acids is 2. The number of ketones is 1. The Morgan fingerprint density at radius 3 is 2.62 bits per heavy atom. The summed E-state index contributed by atoms with van der Waals surface area (Å²) >= 11 is 0. The highest BCUT2D eigenvalue weighted by Crippen LogP contribution is 2.48. The van der Waals surface area contributed by atoms with Crippen molar-refractivity contribution < 1.29 is 24.5 Å². The summed E-state index contributed by atoms with van der Waals surface area (Å²) in [6.07, 6.45) is 14.4. The van der Waals surface area contributed by atoms with Crippen LogP contribution < -0.4 is 0 Å². The molecule has 2 fully saturated rings. The molecule has 166 valence electrons. The first-order chi connectivity index (χ1) is 13.9. The molecule has 5 nitrogen and oxygen atoms in total. The number of aliphatic hydroxyl groups excluding tert-OH is 2. The molecule has 2 rings (SSSR count). The van der Waals surface area contributed by atoms with Crippen molar-refractivity contribution in [2.24, 2.45) is 17.3 Å². The van der Waals surface area contributed by atoms with Gasteiger partial charge < -0.3 is 14.9 Å². The fourth-order valence-electron chi connectivity index (χ4n) is 5.17. The van der Waals surface area contributed by atoms with Gasteiger partial charge in [-0.15, -0.1) is 0 Å². The molecule has 0 radical (unpaired) electrons. The zero-order valence-electron chi connectivity index (χ0n) is 18.3. The van der Waals surface area contributed by atoms with Gasteiger partial charge in [0.15, 0.2) is 0 Å². The second kappa shape index (κ2) is 11.8. The molecule has 0 aromatic rings. The van der Waals surface area contributed by atoms with Crippen molar-refractivity contribution in [1.29, 1.82) is 0 Å². The maximum atomic E-state index is 12.3. The van der Waals surface area contributed by atoms with Crippen LogP contribution in [0.15, 0.2) is 12.2 Å². The molecule has 0 aromatic carbocycles. The highest BCUT2D eigenvalue weighted by molar-refractivity contribution is 5.84. The van der Waals surface area contributed by atoms with Crippen LogP contribution in [0.1, 0.15) is 90.4 Å². The Morgan fingerprint density at radius 2 is 2.00 bits per heavy atom. The lowest BCUT2D eigenvalue weighted by Crippen LogP contribution is -2.41. The molecule has 0 aromatic heterocycles. The number of ether oxygens (including phenoxy) is 1. The Labute approximate surface area is 175 Å². The molecule has 2 aliphatic rings. The second-order valence-electron chi connectivity index (χ2n) is 9.10. The van der Waals surface area contributed by atoms with Gasteiger partial charge in [0.05, 0.1) is 19.3 Å². The van der Waals surface area contributed by atoms with E-state index in [9.17, 15) is 19.8 Å². The number of methoxy groups -OCH3 is 1. The van der Waals surface area contributed by atoms with Gasteiger partial charge in [0.1, 0.15) is 5.78 Å². The second-order valence-corrected chi connectivity index (χ2v) is 9.10. The van der Waals surface area contributed by atoms with E-state index in [1.165, 1.54) is 13.5 Å². The summed E-state index contributed by atoms with van der Waals surface area (Å²) < 4.78 is 4.64. The standard InChI is InChI=1S/C24H40O5/c1-3-14-24(15-9-16-24)22(27)12-8-11-19-18(20(25)17-21(19)26)10-6-4-5-7-13-23(28)29-2/h8,11,18-19,21-22,26-27H,3-7,9-10,12-17H2,1-2H3/t18-,19-,21-,22-/m1/s1. The molecule has 2 N–H and O–H groups in total. The number of hydrogen-bond donors (Lipinski definition) is 2. The van der Waals surface area contributed by atoms with Gasteiger partial charge in [-0.2, -0.15) is 0 Å². The zero-order valence-corrected chi connectivity index (χ0v) is 18.3. The summed E-state index contributed by atoms with van der Waals surface area (Å²) in [6, 6.07) is 0. The number of Topliss-reactive ketones (excluding diaryl/α,β-unsaturated/α-hetero) is 1. The van der Waals surface area contributed by atoms with E-state index in [2.05, 4.69) is 11.7 Å². The predicted molar refractivity (Wildman–Crippen MR) is 113 cm³/mol. The number of aliphatic hydroxyl groups is 2. The number of hydrogen-bond acceptors (Lipinski definition) is 5.